The van der Waals surface area contributed by atoms with E-state index in [1.807, 2.05) is 6.92 Å². The highest BCUT2D eigenvalue weighted by Gasteiger charge is 2.31. The van der Waals surface area contributed by atoms with E-state index >= 15 is 0 Å². The Morgan fingerprint density at radius 1 is 1.21 bits per heavy atom. The van der Waals surface area contributed by atoms with Gasteiger partial charge < -0.3 is 4.74 Å². The van der Waals surface area contributed by atoms with Crippen LogP contribution in [0.5, 0.6) is 0 Å². The van der Waals surface area contributed by atoms with Crippen LogP contribution in [-0.4, -0.2) is 27.0 Å². The number of ether oxygens (including phenoxy) is 1. The maximum Gasteiger partial charge on any atom is 0.416 e. The molecule has 0 heterocycles. The number of rotatable bonds is 8. The standard InChI is InChI=1S/C15H20F3NO4S/c1-3-5-6-13(14(20)23-4-2)19-24(21,22)12-9-7-11(8-10-12)15(16,17)18/h7-10,13,19H,3-6H2,1-2H3. The van der Waals surface area contributed by atoms with Crippen molar-refractivity contribution in [2.24, 2.45) is 0 Å². The first-order valence-corrected chi connectivity index (χ1v) is 8.96. The van der Waals surface area contributed by atoms with E-state index in [9.17, 15) is 26.4 Å². The second-order valence-corrected chi connectivity index (χ2v) is 6.80. The summed E-state index contributed by atoms with van der Waals surface area (Å²) in [4.78, 5) is 11.5. The van der Waals surface area contributed by atoms with E-state index in [0.29, 0.717) is 18.6 Å². The van der Waals surface area contributed by atoms with E-state index in [4.69, 9.17) is 4.74 Å². The first-order valence-electron chi connectivity index (χ1n) is 7.48. The molecule has 1 N–H and O–H groups in total. The van der Waals surface area contributed by atoms with E-state index in [2.05, 4.69) is 4.72 Å². The highest BCUT2D eigenvalue weighted by molar-refractivity contribution is 7.89. The number of alkyl halides is 3. The molecule has 0 fully saturated rings. The lowest BCUT2D eigenvalue weighted by Gasteiger charge is -2.17. The zero-order chi connectivity index (χ0) is 18.4. The van der Waals surface area contributed by atoms with Gasteiger partial charge in [0.25, 0.3) is 0 Å². The van der Waals surface area contributed by atoms with Gasteiger partial charge in [-0.05, 0) is 37.6 Å². The summed E-state index contributed by atoms with van der Waals surface area (Å²) in [5, 5.41) is 0. The van der Waals surface area contributed by atoms with E-state index in [-0.39, 0.29) is 17.9 Å². The normalized spacial score (nSPS) is 13.5. The van der Waals surface area contributed by atoms with Crippen molar-refractivity contribution in [1.82, 2.24) is 4.72 Å². The third-order valence-electron chi connectivity index (χ3n) is 3.21. The summed E-state index contributed by atoms with van der Waals surface area (Å²) in [5.41, 5.74) is -0.950. The predicted octanol–water partition coefficient (Wildman–Crippen LogP) is 3.11. The van der Waals surface area contributed by atoms with Crippen LogP contribution in [0.1, 0.15) is 38.7 Å². The molecule has 1 aromatic carbocycles. The molecule has 0 amide bonds. The van der Waals surface area contributed by atoms with Gasteiger partial charge in [-0.25, -0.2) is 8.42 Å². The van der Waals surface area contributed by atoms with Crippen LogP contribution in [0.15, 0.2) is 29.2 Å². The molecule has 1 unspecified atom stereocenters. The monoisotopic (exact) mass is 367 g/mol. The molecule has 0 aliphatic rings. The Labute approximate surface area is 139 Å². The quantitative estimate of drug-likeness (QED) is 0.717. The third-order valence-corrected chi connectivity index (χ3v) is 4.69. The van der Waals surface area contributed by atoms with E-state index in [1.165, 1.54) is 0 Å². The van der Waals surface area contributed by atoms with Gasteiger partial charge in [-0.3, -0.25) is 4.79 Å². The molecule has 0 bridgehead atoms. The summed E-state index contributed by atoms with van der Waals surface area (Å²) >= 11 is 0. The molecule has 0 aliphatic carbocycles. The zero-order valence-electron chi connectivity index (χ0n) is 13.4. The van der Waals surface area contributed by atoms with E-state index in [0.717, 1.165) is 18.6 Å². The molecule has 136 valence electrons. The molecule has 9 heteroatoms. The summed E-state index contributed by atoms with van der Waals surface area (Å²) in [7, 11) is -4.13. The van der Waals surface area contributed by atoms with Crippen molar-refractivity contribution in [2.45, 2.75) is 50.2 Å². The Morgan fingerprint density at radius 3 is 2.25 bits per heavy atom. The number of hydrogen-bond donors (Lipinski definition) is 1. The molecular formula is C15H20F3NO4S. The molecule has 0 saturated carbocycles. The fourth-order valence-electron chi connectivity index (χ4n) is 1.95. The Balaban J connectivity index is 2.97. The van der Waals surface area contributed by atoms with Crippen LogP contribution in [-0.2, 0) is 25.7 Å². The summed E-state index contributed by atoms with van der Waals surface area (Å²) in [5.74, 6) is -0.707. The van der Waals surface area contributed by atoms with Gasteiger partial charge in [-0.1, -0.05) is 19.8 Å². The highest BCUT2D eigenvalue weighted by Crippen LogP contribution is 2.29. The third kappa shape index (κ3) is 5.79. The summed E-state index contributed by atoms with van der Waals surface area (Å²) < 4.78 is 69.2. The van der Waals surface area contributed by atoms with Gasteiger partial charge in [0.15, 0.2) is 0 Å². The zero-order valence-corrected chi connectivity index (χ0v) is 14.2. The van der Waals surface area contributed by atoms with Gasteiger partial charge in [0, 0.05) is 0 Å². The van der Waals surface area contributed by atoms with Crippen molar-refractivity contribution in [1.29, 1.82) is 0 Å². The molecule has 1 atom stereocenters. The molecule has 1 aromatic rings. The van der Waals surface area contributed by atoms with Gasteiger partial charge in [0.05, 0.1) is 17.1 Å². The van der Waals surface area contributed by atoms with Gasteiger partial charge in [0.1, 0.15) is 6.04 Å². The topological polar surface area (TPSA) is 72.5 Å². The first-order chi connectivity index (χ1) is 11.1. The van der Waals surface area contributed by atoms with Crippen LogP contribution in [0, 0.1) is 0 Å². The van der Waals surface area contributed by atoms with Crippen LogP contribution >= 0.6 is 0 Å². The Bertz CT molecular complexity index is 642. The van der Waals surface area contributed by atoms with Gasteiger partial charge in [-0.2, -0.15) is 17.9 Å². The van der Waals surface area contributed by atoms with Crippen LogP contribution in [0.25, 0.3) is 0 Å². The average Bonchev–Trinajstić information content (AvgIpc) is 2.51. The van der Waals surface area contributed by atoms with E-state index < -0.39 is 33.8 Å². The minimum absolute atomic E-state index is 0.101. The van der Waals surface area contributed by atoms with Crippen LogP contribution < -0.4 is 4.72 Å². The molecular weight excluding hydrogens is 347 g/mol. The lowest BCUT2D eigenvalue weighted by molar-refractivity contribution is -0.145. The molecule has 0 saturated heterocycles. The molecule has 0 spiro atoms. The lowest BCUT2D eigenvalue weighted by Crippen LogP contribution is -2.41. The fraction of sp³-hybridized carbons (Fsp3) is 0.533. The molecule has 0 radical (unpaired) electrons. The van der Waals surface area contributed by atoms with Crippen molar-refractivity contribution in [3.05, 3.63) is 29.8 Å². The van der Waals surface area contributed by atoms with Gasteiger partial charge >= 0.3 is 12.1 Å². The minimum atomic E-state index is -4.55. The van der Waals surface area contributed by atoms with Crippen LogP contribution in [0.3, 0.4) is 0 Å². The number of esters is 1. The van der Waals surface area contributed by atoms with Crippen molar-refractivity contribution in [3.63, 3.8) is 0 Å². The largest absolute Gasteiger partial charge is 0.465 e. The Hall–Kier alpha value is -1.61. The Kier molecular flexibility index (Phi) is 7.22. The maximum atomic E-state index is 12.5. The second kappa shape index (κ2) is 8.48. The smallest absolute Gasteiger partial charge is 0.416 e. The lowest BCUT2D eigenvalue weighted by atomic mass is 10.1. The minimum Gasteiger partial charge on any atom is -0.465 e. The first kappa shape index (κ1) is 20.4. The molecule has 1 rings (SSSR count). The SMILES string of the molecule is CCCCC(NS(=O)(=O)c1ccc(C(F)(F)F)cc1)C(=O)OCC. The van der Waals surface area contributed by atoms with Crippen molar-refractivity contribution in [2.75, 3.05) is 6.61 Å². The van der Waals surface area contributed by atoms with Crippen molar-refractivity contribution in [3.8, 4) is 0 Å². The van der Waals surface area contributed by atoms with Crippen molar-refractivity contribution < 1.29 is 31.1 Å². The summed E-state index contributed by atoms with van der Waals surface area (Å²) in [6.45, 7) is 3.58. The molecule has 0 aromatic heterocycles. The average molecular weight is 367 g/mol. The van der Waals surface area contributed by atoms with Gasteiger partial charge in [-0.15, -0.1) is 0 Å². The van der Waals surface area contributed by atoms with E-state index in [1.54, 1.807) is 6.92 Å². The number of halogens is 3. The number of unbranched alkanes of at least 4 members (excludes halogenated alkanes) is 1. The number of carbonyl (C=O) groups excluding carboxylic acids is 1. The van der Waals surface area contributed by atoms with Crippen molar-refractivity contribution >= 4 is 16.0 Å². The summed E-state index contributed by atoms with van der Waals surface area (Å²) in [6.07, 6.45) is -2.96. The number of sulfonamides is 1. The van der Waals surface area contributed by atoms with Crippen LogP contribution in [0.2, 0.25) is 0 Å². The maximum absolute atomic E-state index is 12.5. The van der Waals surface area contributed by atoms with Gasteiger partial charge in [0.2, 0.25) is 10.0 Å². The summed E-state index contributed by atoms with van der Waals surface area (Å²) in [6, 6.07) is 2.00. The number of hydrogen-bond acceptors (Lipinski definition) is 4. The second-order valence-electron chi connectivity index (χ2n) is 5.09. The predicted molar refractivity (Wildman–Crippen MR) is 81.7 cm³/mol. The Morgan fingerprint density at radius 2 is 1.79 bits per heavy atom. The van der Waals surface area contributed by atoms with Crippen LogP contribution in [0.4, 0.5) is 13.2 Å². The number of carbonyl (C=O) groups is 1. The fourth-order valence-corrected chi connectivity index (χ4v) is 3.17. The molecule has 24 heavy (non-hydrogen) atoms. The number of benzene rings is 1. The molecule has 0 aliphatic heterocycles. The molecule has 5 nitrogen and oxygen atoms in total. The highest BCUT2D eigenvalue weighted by atomic mass is 32.2. The number of nitrogens with one attached hydrogen (secondary N) is 1.